The number of benzene rings is 2. The molecule has 1 amide bonds. The van der Waals surface area contributed by atoms with Gasteiger partial charge in [0.2, 0.25) is 0 Å². The van der Waals surface area contributed by atoms with Gasteiger partial charge in [-0.3, -0.25) is 9.69 Å². The second-order valence-electron chi connectivity index (χ2n) is 6.29. The maximum atomic E-state index is 13.0. The van der Waals surface area contributed by atoms with Crippen molar-refractivity contribution in [1.82, 2.24) is 4.57 Å². The van der Waals surface area contributed by atoms with Gasteiger partial charge in [0, 0.05) is 34.2 Å². The van der Waals surface area contributed by atoms with E-state index >= 15 is 0 Å². The molecule has 0 saturated carbocycles. The lowest BCUT2D eigenvalue weighted by molar-refractivity contribution is -0.113. The highest BCUT2D eigenvalue weighted by molar-refractivity contribution is 8.27. The van der Waals surface area contributed by atoms with Gasteiger partial charge in [-0.1, -0.05) is 60.7 Å². The Morgan fingerprint density at radius 1 is 1.15 bits per heavy atom. The minimum atomic E-state index is -0.0976. The number of aromatic nitrogens is 1. The number of anilines is 1. The van der Waals surface area contributed by atoms with Crippen LogP contribution in [0.15, 0.2) is 59.6 Å². The lowest BCUT2D eigenvalue weighted by Crippen LogP contribution is -2.27. The fourth-order valence-corrected chi connectivity index (χ4v) is 4.65. The number of halogens is 1. The Bertz CT molecular complexity index is 1070. The highest BCUT2D eigenvalue weighted by Gasteiger charge is 2.33. The fourth-order valence-electron chi connectivity index (χ4n) is 3.24. The van der Waals surface area contributed by atoms with Crippen LogP contribution >= 0.6 is 35.6 Å². The highest BCUT2D eigenvalue weighted by Crippen LogP contribution is 2.37. The van der Waals surface area contributed by atoms with Crippen LogP contribution in [0.3, 0.4) is 0 Å². The van der Waals surface area contributed by atoms with Gasteiger partial charge in [0.1, 0.15) is 0 Å². The number of hydrogen-bond acceptors (Lipinski definition) is 3. The minimum Gasteiger partial charge on any atom is -0.347 e. The lowest BCUT2D eigenvalue weighted by Gasteiger charge is -2.14. The number of thiocarbonyl (C=S) groups is 1. The molecule has 1 fully saturated rings. The number of carbonyl (C=O) groups is 1. The first kappa shape index (κ1) is 18.3. The van der Waals surface area contributed by atoms with Gasteiger partial charge in [-0.15, -0.1) is 0 Å². The quantitative estimate of drug-likeness (QED) is 0.381. The zero-order chi connectivity index (χ0) is 19.0. The van der Waals surface area contributed by atoms with E-state index in [1.165, 1.54) is 17.3 Å². The Morgan fingerprint density at radius 2 is 1.89 bits per heavy atom. The van der Waals surface area contributed by atoms with Gasteiger partial charge in [-0.25, -0.2) is 0 Å². The van der Waals surface area contributed by atoms with Crippen LogP contribution in [0.5, 0.6) is 0 Å². The van der Waals surface area contributed by atoms with Gasteiger partial charge >= 0.3 is 0 Å². The summed E-state index contributed by atoms with van der Waals surface area (Å²) in [4.78, 5) is 15.2. The maximum Gasteiger partial charge on any atom is 0.270 e. The molecule has 27 heavy (non-hydrogen) atoms. The van der Waals surface area contributed by atoms with Crippen molar-refractivity contribution in [3.05, 3.63) is 70.2 Å². The lowest BCUT2D eigenvalue weighted by atomic mass is 10.1. The molecule has 2 aromatic carbocycles. The van der Waals surface area contributed by atoms with E-state index < -0.39 is 0 Å². The summed E-state index contributed by atoms with van der Waals surface area (Å²) < 4.78 is 2.77. The standard InChI is InChI=1S/C21H17ClN2OS2/c1-2-11-23-13-14(17-5-3-4-6-18(17)23)12-19-20(25)24(21(26)27-19)16-9-7-15(22)8-10-16/h3-10,12-13H,2,11H2,1H3/b19-12+. The molecule has 1 aliphatic heterocycles. The second kappa shape index (κ2) is 7.50. The summed E-state index contributed by atoms with van der Waals surface area (Å²) >= 11 is 12.7. The van der Waals surface area contributed by atoms with Gasteiger partial charge in [0.15, 0.2) is 4.32 Å². The van der Waals surface area contributed by atoms with Crippen LogP contribution in [0.2, 0.25) is 5.02 Å². The molecular weight excluding hydrogens is 396 g/mol. The molecular formula is C21H17ClN2OS2. The van der Waals surface area contributed by atoms with Crippen molar-refractivity contribution in [3.8, 4) is 0 Å². The van der Waals surface area contributed by atoms with Crippen molar-refractivity contribution in [2.75, 3.05) is 4.90 Å². The van der Waals surface area contributed by atoms with Crippen LogP contribution in [-0.4, -0.2) is 14.8 Å². The largest absolute Gasteiger partial charge is 0.347 e. The first-order valence-electron chi connectivity index (χ1n) is 8.70. The Morgan fingerprint density at radius 3 is 2.63 bits per heavy atom. The molecule has 0 bridgehead atoms. The van der Waals surface area contributed by atoms with Crippen molar-refractivity contribution >= 4 is 68.5 Å². The zero-order valence-electron chi connectivity index (χ0n) is 14.7. The van der Waals surface area contributed by atoms with E-state index in [2.05, 4.69) is 29.8 Å². The normalized spacial score (nSPS) is 16.1. The number of thioether (sulfide) groups is 1. The molecule has 3 nitrogen and oxygen atoms in total. The van der Waals surface area contributed by atoms with Crippen LogP contribution in [-0.2, 0) is 11.3 Å². The van der Waals surface area contributed by atoms with E-state index in [9.17, 15) is 4.79 Å². The number of carbonyl (C=O) groups excluding carboxylic acids is 1. The molecule has 0 aliphatic carbocycles. The number of nitrogens with zero attached hydrogens (tertiary/aromatic N) is 2. The van der Waals surface area contributed by atoms with E-state index in [1.54, 1.807) is 17.0 Å². The van der Waals surface area contributed by atoms with E-state index in [0.29, 0.717) is 14.2 Å². The van der Waals surface area contributed by atoms with Crippen molar-refractivity contribution in [3.63, 3.8) is 0 Å². The molecule has 0 unspecified atom stereocenters. The van der Waals surface area contributed by atoms with Crippen LogP contribution in [0.1, 0.15) is 18.9 Å². The van der Waals surface area contributed by atoms with Gasteiger partial charge in [-0.2, -0.15) is 0 Å². The number of amides is 1. The van der Waals surface area contributed by atoms with Crippen molar-refractivity contribution in [2.24, 2.45) is 0 Å². The number of fused-ring (bicyclic) bond motifs is 1. The molecule has 1 saturated heterocycles. The highest BCUT2D eigenvalue weighted by atomic mass is 35.5. The summed E-state index contributed by atoms with van der Waals surface area (Å²) in [7, 11) is 0. The topological polar surface area (TPSA) is 25.2 Å². The molecule has 0 spiro atoms. The summed E-state index contributed by atoms with van der Waals surface area (Å²) in [6, 6.07) is 15.4. The number of aryl methyl sites for hydroxylation is 1. The summed E-state index contributed by atoms with van der Waals surface area (Å²) in [6.07, 6.45) is 5.11. The molecule has 4 rings (SSSR count). The van der Waals surface area contributed by atoms with E-state index in [4.69, 9.17) is 23.8 Å². The third kappa shape index (κ3) is 3.43. The number of hydrogen-bond donors (Lipinski definition) is 0. The van der Waals surface area contributed by atoms with Crippen LogP contribution in [0, 0.1) is 0 Å². The van der Waals surface area contributed by atoms with Crippen molar-refractivity contribution < 1.29 is 4.79 Å². The SMILES string of the molecule is CCCn1cc(/C=C2/SC(=S)N(c3ccc(Cl)cc3)C2=O)c2ccccc21. The number of rotatable bonds is 4. The Balaban J connectivity index is 1.73. The van der Waals surface area contributed by atoms with Crippen LogP contribution < -0.4 is 4.90 Å². The maximum absolute atomic E-state index is 13.0. The summed E-state index contributed by atoms with van der Waals surface area (Å²) in [6.45, 7) is 3.10. The summed E-state index contributed by atoms with van der Waals surface area (Å²) in [5, 5.41) is 1.77. The third-order valence-corrected chi connectivity index (χ3v) is 6.00. The first-order chi connectivity index (χ1) is 13.1. The molecule has 0 atom stereocenters. The second-order valence-corrected chi connectivity index (χ2v) is 8.40. The molecule has 2 heterocycles. The Labute approximate surface area is 172 Å². The molecule has 0 radical (unpaired) electrons. The fraction of sp³-hybridized carbons (Fsp3) is 0.143. The summed E-state index contributed by atoms with van der Waals surface area (Å²) in [5.41, 5.74) is 2.95. The zero-order valence-corrected chi connectivity index (χ0v) is 17.1. The van der Waals surface area contributed by atoms with Crippen LogP contribution in [0.4, 0.5) is 5.69 Å². The molecule has 1 aliphatic rings. The van der Waals surface area contributed by atoms with Gasteiger partial charge < -0.3 is 4.57 Å². The van der Waals surface area contributed by atoms with Crippen molar-refractivity contribution in [1.29, 1.82) is 0 Å². The van der Waals surface area contributed by atoms with Gasteiger partial charge in [0.05, 0.1) is 10.6 Å². The van der Waals surface area contributed by atoms with E-state index in [0.717, 1.165) is 29.6 Å². The Kier molecular flexibility index (Phi) is 5.08. The smallest absolute Gasteiger partial charge is 0.270 e. The monoisotopic (exact) mass is 412 g/mol. The average molecular weight is 413 g/mol. The number of para-hydroxylation sites is 1. The van der Waals surface area contributed by atoms with Crippen LogP contribution in [0.25, 0.3) is 17.0 Å². The van der Waals surface area contributed by atoms with E-state index in [-0.39, 0.29) is 5.91 Å². The molecule has 1 aromatic heterocycles. The average Bonchev–Trinajstić information content (AvgIpc) is 3.14. The van der Waals surface area contributed by atoms with Gasteiger partial charge in [0.25, 0.3) is 5.91 Å². The van der Waals surface area contributed by atoms with Crippen molar-refractivity contribution in [2.45, 2.75) is 19.9 Å². The first-order valence-corrected chi connectivity index (χ1v) is 10.3. The molecule has 0 N–H and O–H groups in total. The molecule has 136 valence electrons. The van der Waals surface area contributed by atoms with E-state index in [1.807, 2.05) is 30.3 Å². The van der Waals surface area contributed by atoms with Gasteiger partial charge in [-0.05, 0) is 42.8 Å². The Hall–Kier alpha value is -2.08. The molecule has 6 heteroatoms. The predicted octanol–water partition coefficient (Wildman–Crippen LogP) is 6.11. The predicted molar refractivity (Wildman–Crippen MR) is 119 cm³/mol. The summed E-state index contributed by atoms with van der Waals surface area (Å²) in [5.74, 6) is -0.0976. The minimum absolute atomic E-state index is 0.0976. The molecule has 3 aromatic rings. The third-order valence-electron chi connectivity index (χ3n) is 4.45.